The van der Waals surface area contributed by atoms with Crippen LogP contribution in [0.15, 0.2) is 53.4 Å². The molecule has 2 heterocycles. The minimum atomic E-state index is -4.26. The first-order valence-corrected chi connectivity index (χ1v) is 15.0. The molecule has 2 aliphatic rings. The molecule has 0 radical (unpaired) electrons. The molecule has 1 amide bonds. The van der Waals surface area contributed by atoms with E-state index in [1.165, 1.54) is 11.3 Å². The van der Waals surface area contributed by atoms with E-state index in [0.29, 0.717) is 12.3 Å². The molecule has 2 aromatic rings. The van der Waals surface area contributed by atoms with Gasteiger partial charge in [-0.05, 0) is 90.7 Å². The molecule has 0 spiro atoms. The van der Waals surface area contributed by atoms with E-state index in [1.807, 2.05) is 4.90 Å². The maximum Gasteiger partial charge on any atom is 0.446 e. The predicted molar refractivity (Wildman–Crippen MR) is 154 cm³/mol. The molecule has 0 aliphatic carbocycles. The van der Waals surface area contributed by atoms with E-state index in [2.05, 4.69) is 54.8 Å². The van der Waals surface area contributed by atoms with Crippen molar-refractivity contribution < 1.29 is 18.0 Å². The maximum absolute atomic E-state index is 12.9. The number of nitrogens with zero attached hydrogens (tertiary/aromatic N) is 3. The molecule has 0 unspecified atom stereocenters. The van der Waals surface area contributed by atoms with Crippen molar-refractivity contribution in [3.63, 3.8) is 0 Å². The summed E-state index contributed by atoms with van der Waals surface area (Å²) < 4.78 is 37.7. The molecule has 4 nitrogen and oxygen atoms in total. The van der Waals surface area contributed by atoms with Crippen molar-refractivity contribution in [3.8, 4) is 0 Å². The number of alkyl halides is 3. The summed E-state index contributed by atoms with van der Waals surface area (Å²) in [5.74, 6) is 0.587. The van der Waals surface area contributed by atoms with Gasteiger partial charge >= 0.3 is 5.51 Å². The van der Waals surface area contributed by atoms with Gasteiger partial charge in [-0.15, -0.1) is 0 Å². The highest BCUT2D eigenvalue weighted by Gasteiger charge is 2.29. The first-order valence-electron chi connectivity index (χ1n) is 14.2. The molecule has 2 aliphatic heterocycles. The first kappa shape index (κ1) is 29.8. The second kappa shape index (κ2) is 13.0. The molecular weight excluding hydrogens is 519 g/mol. The number of piperidine rings is 1. The standard InChI is InChI=1S/C31H42F3N3OS/c1-30(2,3)26-10-12-27(13-11-26)36-20-18-35(19-21-36)16-5-7-29(38)37-17-4-6-25(23-37)22-24-8-14-28(15-9-24)39-31(32,33)34/h8-15,25H,4-7,16-23H2,1-3H3/t25-/m1/s1. The third kappa shape index (κ3) is 9.17. The van der Waals surface area contributed by atoms with Crippen LogP contribution in [0.4, 0.5) is 18.9 Å². The van der Waals surface area contributed by atoms with Gasteiger partial charge in [0.2, 0.25) is 5.91 Å². The number of piperazine rings is 1. The summed E-state index contributed by atoms with van der Waals surface area (Å²) in [7, 11) is 0. The third-order valence-corrected chi connectivity index (χ3v) is 8.63. The molecule has 2 fully saturated rings. The summed E-state index contributed by atoms with van der Waals surface area (Å²) in [5.41, 5.74) is -0.428. The molecule has 39 heavy (non-hydrogen) atoms. The number of halogens is 3. The maximum atomic E-state index is 12.9. The van der Waals surface area contributed by atoms with Gasteiger partial charge in [0.05, 0.1) is 0 Å². The van der Waals surface area contributed by atoms with Crippen molar-refractivity contribution in [2.24, 2.45) is 5.92 Å². The Morgan fingerprint density at radius 3 is 2.21 bits per heavy atom. The van der Waals surface area contributed by atoms with Crippen LogP contribution in [0.25, 0.3) is 0 Å². The summed E-state index contributed by atoms with van der Waals surface area (Å²) in [5, 5.41) is 0. The SMILES string of the molecule is CC(C)(C)c1ccc(N2CCN(CCCC(=O)N3CCC[C@H](Cc4ccc(SC(F)(F)F)cc4)C3)CC2)cc1. The van der Waals surface area contributed by atoms with Gasteiger partial charge in [0.1, 0.15) is 0 Å². The Balaban J connectivity index is 1.15. The van der Waals surface area contributed by atoms with Crippen molar-refractivity contribution in [1.29, 1.82) is 0 Å². The fourth-order valence-electron chi connectivity index (χ4n) is 5.63. The zero-order valence-electron chi connectivity index (χ0n) is 23.5. The average molecular weight is 562 g/mol. The number of benzene rings is 2. The Morgan fingerprint density at radius 1 is 0.923 bits per heavy atom. The minimum Gasteiger partial charge on any atom is -0.369 e. The fourth-order valence-corrected chi connectivity index (χ4v) is 6.17. The number of rotatable bonds is 8. The largest absolute Gasteiger partial charge is 0.446 e. The summed E-state index contributed by atoms with van der Waals surface area (Å²) in [6, 6.07) is 15.6. The number of amides is 1. The van der Waals surface area contributed by atoms with E-state index in [1.54, 1.807) is 24.3 Å². The molecule has 8 heteroatoms. The average Bonchev–Trinajstić information content (AvgIpc) is 2.89. The topological polar surface area (TPSA) is 26.8 Å². The van der Waals surface area contributed by atoms with Crippen LogP contribution in [-0.4, -0.2) is 67.0 Å². The summed E-state index contributed by atoms with van der Waals surface area (Å²) in [6.45, 7) is 13.3. The molecule has 0 saturated carbocycles. The number of likely N-dealkylation sites (tertiary alicyclic amines) is 1. The zero-order chi connectivity index (χ0) is 28.0. The summed E-state index contributed by atoms with van der Waals surface area (Å²) in [4.78, 5) is 20.1. The molecule has 2 aromatic carbocycles. The van der Waals surface area contributed by atoms with E-state index in [4.69, 9.17) is 0 Å². The third-order valence-electron chi connectivity index (χ3n) is 7.89. The Morgan fingerprint density at radius 2 is 1.59 bits per heavy atom. The lowest BCUT2D eigenvalue weighted by molar-refractivity contribution is -0.133. The second-order valence-electron chi connectivity index (χ2n) is 12.0. The van der Waals surface area contributed by atoms with Gasteiger partial charge in [0.25, 0.3) is 0 Å². The van der Waals surface area contributed by atoms with Gasteiger partial charge in [-0.25, -0.2) is 0 Å². The van der Waals surface area contributed by atoms with Crippen LogP contribution in [-0.2, 0) is 16.6 Å². The first-order chi connectivity index (χ1) is 18.5. The van der Waals surface area contributed by atoms with E-state index in [9.17, 15) is 18.0 Å². The Labute approximate surface area is 235 Å². The Bertz CT molecular complexity index is 1060. The highest BCUT2D eigenvalue weighted by Crippen LogP contribution is 2.37. The van der Waals surface area contributed by atoms with Crippen LogP contribution in [0.3, 0.4) is 0 Å². The van der Waals surface area contributed by atoms with Gasteiger partial charge in [0, 0.05) is 56.3 Å². The van der Waals surface area contributed by atoms with Crippen molar-refractivity contribution in [1.82, 2.24) is 9.80 Å². The second-order valence-corrected chi connectivity index (χ2v) is 13.1. The van der Waals surface area contributed by atoms with Gasteiger partial charge in [-0.2, -0.15) is 13.2 Å². The van der Waals surface area contributed by atoms with Crippen LogP contribution >= 0.6 is 11.8 Å². The van der Waals surface area contributed by atoms with Crippen LogP contribution in [0, 0.1) is 5.92 Å². The predicted octanol–water partition coefficient (Wildman–Crippen LogP) is 6.98. The quantitative estimate of drug-likeness (QED) is 0.325. The van der Waals surface area contributed by atoms with Crippen molar-refractivity contribution in [2.45, 2.75) is 68.7 Å². The number of carbonyl (C=O) groups is 1. The Kier molecular flexibility index (Phi) is 9.92. The highest BCUT2D eigenvalue weighted by atomic mass is 32.2. The number of anilines is 1. The van der Waals surface area contributed by atoms with Gasteiger partial charge < -0.3 is 9.80 Å². The minimum absolute atomic E-state index is 0.0811. The molecule has 0 aromatic heterocycles. The monoisotopic (exact) mass is 561 g/mol. The van der Waals surface area contributed by atoms with Gasteiger partial charge in [-0.1, -0.05) is 45.0 Å². The van der Waals surface area contributed by atoms with Gasteiger partial charge in [-0.3, -0.25) is 9.69 Å². The molecular formula is C31H42F3N3OS. The van der Waals surface area contributed by atoms with E-state index in [0.717, 1.165) is 77.1 Å². The lowest BCUT2D eigenvalue weighted by Crippen LogP contribution is -2.47. The van der Waals surface area contributed by atoms with Gasteiger partial charge in [0.15, 0.2) is 0 Å². The molecule has 0 N–H and O–H groups in total. The summed E-state index contributed by atoms with van der Waals surface area (Å²) in [6.07, 6.45) is 4.27. The highest BCUT2D eigenvalue weighted by molar-refractivity contribution is 8.00. The number of hydrogen-bond donors (Lipinski definition) is 0. The Hall–Kier alpha value is -2.19. The lowest BCUT2D eigenvalue weighted by atomic mass is 9.87. The molecule has 214 valence electrons. The van der Waals surface area contributed by atoms with E-state index >= 15 is 0 Å². The fraction of sp³-hybridized carbons (Fsp3) is 0.581. The van der Waals surface area contributed by atoms with Crippen LogP contribution in [0.5, 0.6) is 0 Å². The number of carbonyl (C=O) groups excluding carboxylic acids is 1. The number of hydrogen-bond acceptors (Lipinski definition) is 4. The van der Waals surface area contributed by atoms with Crippen LogP contribution < -0.4 is 4.90 Å². The van der Waals surface area contributed by atoms with Crippen molar-refractivity contribution in [2.75, 3.05) is 50.7 Å². The van der Waals surface area contributed by atoms with Crippen molar-refractivity contribution in [3.05, 3.63) is 59.7 Å². The smallest absolute Gasteiger partial charge is 0.369 e. The van der Waals surface area contributed by atoms with Crippen LogP contribution in [0.1, 0.15) is 57.6 Å². The molecule has 1 atom stereocenters. The zero-order valence-corrected chi connectivity index (χ0v) is 24.3. The lowest BCUT2D eigenvalue weighted by Gasteiger charge is -2.36. The summed E-state index contributed by atoms with van der Waals surface area (Å²) >= 11 is -0.0811. The normalized spacial score (nSPS) is 19.4. The molecule has 2 saturated heterocycles. The van der Waals surface area contributed by atoms with E-state index < -0.39 is 5.51 Å². The van der Waals surface area contributed by atoms with Crippen LogP contribution in [0.2, 0.25) is 0 Å². The molecule has 0 bridgehead atoms. The van der Waals surface area contributed by atoms with E-state index in [-0.39, 0.29) is 28.0 Å². The molecule has 4 rings (SSSR count). The van der Waals surface area contributed by atoms with Crippen molar-refractivity contribution >= 4 is 23.4 Å². The number of thioether (sulfide) groups is 1.